The zero-order chi connectivity index (χ0) is 22.4. The SMILES string of the molecule is CN(Cc1ccccc1)S(=O)(=O)c1ccc(NC(=S)NC(=O)c2cccc(Cl)c2)cc1. The highest BCUT2D eigenvalue weighted by Gasteiger charge is 2.20. The molecule has 3 aromatic rings. The van der Waals surface area contributed by atoms with Crippen LogP contribution in [0.15, 0.2) is 83.8 Å². The first-order valence-corrected chi connectivity index (χ1v) is 11.5. The largest absolute Gasteiger partial charge is 0.332 e. The maximum atomic E-state index is 12.8. The highest BCUT2D eigenvalue weighted by molar-refractivity contribution is 7.89. The van der Waals surface area contributed by atoms with Crippen LogP contribution in [0.4, 0.5) is 5.69 Å². The molecular weight excluding hydrogens is 454 g/mol. The lowest BCUT2D eigenvalue weighted by atomic mass is 10.2. The average molecular weight is 474 g/mol. The number of thiocarbonyl (C=S) groups is 1. The number of hydrogen-bond acceptors (Lipinski definition) is 4. The molecule has 6 nitrogen and oxygen atoms in total. The van der Waals surface area contributed by atoms with Crippen molar-refractivity contribution >= 4 is 50.5 Å². The molecule has 0 aromatic heterocycles. The van der Waals surface area contributed by atoms with Crippen molar-refractivity contribution in [2.45, 2.75) is 11.4 Å². The van der Waals surface area contributed by atoms with Gasteiger partial charge in [-0.15, -0.1) is 0 Å². The maximum absolute atomic E-state index is 12.8. The molecular formula is C22H20ClN3O3S2. The molecule has 0 saturated heterocycles. The van der Waals surface area contributed by atoms with Crippen molar-refractivity contribution in [3.05, 3.63) is 95.0 Å². The van der Waals surface area contributed by atoms with Crippen molar-refractivity contribution in [3.8, 4) is 0 Å². The maximum Gasteiger partial charge on any atom is 0.257 e. The molecule has 0 bridgehead atoms. The molecule has 0 fully saturated rings. The topological polar surface area (TPSA) is 78.5 Å². The van der Waals surface area contributed by atoms with Gasteiger partial charge >= 0.3 is 0 Å². The van der Waals surface area contributed by atoms with E-state index in [1.54, 1.807) is 30.3 Å². The number of sulfonamides is 1. The molecule has 0 aliphatic rings. The Balaban J connectivity index is 1.62. The summed E-state index contributed by atoms with van der Waals surface area (Å²) in [6.07, 6.45) is 0. The van der Waals surface area contributed by atoms with Crippen LogP contribution in [-0.2, 0) is 16.6 Å². The summed E-state index contributed by atoms with van der Waals surface area (Å²) >= 11 is 11.1. The van der Waals surface area contributed by atoms with Crippen molar-refractivity contribution in [2.75, 3.05) is 12.4 Å². The van der Waals surface area contributed by atoms with E-state index < -0.39 is 15.9 Å². The van der Waals surface area contributed by atoms with Gasteiger partial charge < -0.3 is 5.32 Å². The molecule has 0 unspecified atom stereocenters. The Morgan fingerprint density at radius 2 is 1.68 bits per heavy atom. The Labute approximate surface area is 191 Å². The zero-order valence-corrected chi connectivity index (χ0v) is 19.0. The van der Waals surface area contributed by atoms with Gasteiger partial charge in [0.1, 0.15) is 0 Å². The first-order chi connectivity index (χ1) is 14.8. The number of halogens is 1. The molecule has 2 N–H and O–H groups in total. The van der Waals surface area contributed by atoms with Gasteiger partial charge in [-0.2, -0.15) is 4.31 Å². The third-order valence-electron chi connectivity index (χ3n) is 4.38. The molecule has 9 heteroatoms. The third-order valence-corrected chi connectivity index (χ3v) is 6.64. The van der Waals surface area contributed by atoms with Crippen LogP contribution in [0.2, 0.25) is 5.02 Å². The van der Waals surface area contributed by atoms with Crippen LogP contribution < -0.4 is 10.6 Å². The van der Waals surface area contributed by atoms with Gasteiger partial charge in [-0.25, -0.2) is 8.42 Å². The van der Waals surface area contributed by atoms with E-state index in [9.17, 15) is 13.2 Å². The van der Waals surface area contributed by atoms with Gasteiger partial charge in [-0.1, -0.05) is 48.0 Å². The molecule has 0 aliphatic carbocycles. The first kappa shape index (κ1) is 22.9. The van der Waals surface area contributed by atoms with Crippen molar-refractivity contribution < 1.29 is 13.2 Å². The van der Waals surface area contributed by atoms with Gasteiger partial charge in [0.25, 0.3) is 5.91 Å². The third kappa shape index (κ3) is 6.11. The van der Waals surface area contributed by atoms with E-state index in [0.717, 1.165) is 5.56 Å². The Morgan fingerprint density at radius 3 is 2.32 bits per heavy atom. The molecule has 3 aromatic carbocycles. The smallest absolute Gasteiger partial charge is 0.257 e. The summed E-state index contributed by atoms with van der Waals surface area (Å²) in [7, 11) is -2.11. The van der Waals surface area contributed by atoms with Gasteiger partial charge in [0, 0.05) is 29.9 Å². The molecule has 0 spiro atoms. The van der Waals surface area contributed by atoms with E-state index >= 15 is 0 Å². The van der Waals surface area contributed by atoms with Crippen LogP contribution in [-0.4, -0.2) is 30.8 Å². The van der Waals surface area contributed by atoms with E-state index in [-0.39, 0.29) is 16.6 Å². The number of nitrogens with one attached hydrogen (secondary N) is 2. The van der Waals surface area contributed by atoms with Crippen molar-refractivity contribution in [2.24, 2.45) is 0 Å². The number of hydrogen-bond donors (Lipinski definition) is 2. The second-order valence-corrected chi connectivity index (χ2v) is 9.58. The van der Waals surface area contributed by atoms with E-state index in [1.165, 1.54) is 29.6 Å². The summed E-state index contributed by atoms with van der Waals surface area (Å²) in [5.74, 6) is -0.401. The molecule has 31 heavy (non-hydrogen) atoms. The summed E-state index contributed by atoms with van der Waals surface area (Å²) in [6.45, 7) is 0.267. The van der Waals surface area contributed by atoms with Crippen LogP contribution in [0.25, 0.3) is 0 Å². The van der Waals surface area contributed by atoms with Gasteiger partial charge in [0.2, 0.25) is 10.0 Å². The predicted octanol–water partition coefficient (Wildman–Crippen LogP) is 4.29. The van der Waals surface area contributed by atoms with Crippen LogP contribution >= 0.6 is 23.8 Å². The highest BCUT2D eigenvalue weighted by atomic mass is 35.5. The monoisotopic (exact) mass is 473 g/mol. The van der Waals surface area contributed by atoms with Crippen molar-refractivity contribution in [3.63, 3.8) is 0 Å². The fourth-order valence-electron chi connectivity index (χ4n) is 2.78. The number of nitrogens with zero attached hydrogens (tertiary/aromatic N) is 1. The molecule has 3 rings (SSSR count). The lowest BCUT2D eigenvalue weighted by Crippen LogP contribution is -2.34. The van der Waals surface area contributed by atoms with Gasteiger partial charge in [0.15, 0.2) is 5.11 Å². The fourth-order valence-corrected chi connectivity index (χ4v) is 4.34. The molecule has 0 saturated carbocycles. The summed E-state index contributed by atoms with van der Waals surface area (Å²) in [4.78, 5) is 12.4. The van der Waals surface area contributed by atoms with E-state index in [0.29, 0.717) is 16.3 Å². The number of amides is 1. The highest BCUT2D eigenvalue weighted by Crippen LogP contribution is 2.19. The quantitative estimate of drug-likeness (QED) is 0.522. The lowest BCUT2D eigenvalue weighted by molar-refractivity contribution is 0.0977. The molecule has 0 heterocycles. The fraction of sp³-hybridized carbons (Fsp3) is 0.0909. The number of carbonyl (C=O) groups excluding carboxylic acids is 1. The first-order valence-electron chi connectivity index (χ1n) is 9.24. The molecule has 0 atom stereocenters. The minimum absolute atomic E-state index is 0.0850. The Bertz CT molecular complexity index is 1180. The van der Waals surface area contributed by atoms with E-state index in [1.807, 2.05) is 30.3 Å². The number of rotatable bonds is 6. The minimum Gasteiger partial charge on any atom is -0.332 e. The van der Waals surface area contributed by atoms with Crippen molar-refractivity contribution in [1.29, 1.82) is 0 Å². The normalized spacial score (nSPS) is 11.2. The van der Waals surface area contributed by atoms with Gasteiger partial charge in [-0.05, 0) is 60.2 Å². The van der Waals surface area contributed by atoms with Crippen molar-refractivity contribution in [1.82, 2.24) is 9.62 Å². The predicted molar refractivity (Wildman–Crippen MR) is 127 cm³/mol. The molecule has 1 amide bonds. The van der Waals surface area contributed by atoms with E-state index in [4.69, 9.17) is 23.8 Å². The number of anilines is 1. The molecule has 0 radical (unpaired) electrons. The van der Waals surface area contributed by atoms with Crippen LogP contribution in [0.3, 0.4) is 0 Å². The second-order valence-electron chi connectivity index (χ2n) is 6.69. The summed E-state index contributed by atoms with van der Waals surface area (Å²) in [5, 5.41) is 5.95. The van der Waals surface area contributed by atoms with E-state index in [2.05, 4.69) is 10.6 Å². The Kier molecular flexibility index (Phi) is 7.40. The standard InChI is InChI=1S/C22H20ClN3O3S2/c1-26(15-16-6-3-2-4-7-16)31(28,29)20-12-10-19(11-13-20)24-22(30)25-21(27)17-8-5-9-18(23)14-17/h2-14H,15H2,1H3,(H2,24,25,27,30). The lowest BCUT2D eigenvalue weighted by Gasteiger charge is -2.17. The zero-order valence-electron chi connectivity index (χ0n) is 16.6. The Morgan fingerprint density at radius 1 is 1.00 bits per heavy atom. The molecule has 160 valence electrons. The van der Waals surface area contributed by atoms with Crippen LogP contribution in [0.1, 0.15) is 15.9 Å². The van der Waals surface area contributed by atoms with Crippen LogP contribution in [0.5, 0.6) is 0 Å². The molecule has 0 aliphatic heterocycles. The summed E-state index contributed by atoms with van der Waals surface area (Å²) < 4.78 is 26.9. The van der Waals surface area contributed by atoms with Gasteiger partial charge in [-0.3, -0.25) is 10.1 Å². The summed E-state index contributed by atoms with van der Waals surface area (Å²) in [6, 6.07) is 22.0. The number of benzene rings is 3. The minimum atomic E-state index is -3.65. The Hall–Kier alpha value is -2.78. The average Bonchev–Trinajstić information content (AvgIpc) is 2.74. The second kappa shape index (κ2) is 10.0. The number of carbonyl (C=O) groups is 1. The summed E-state index contributed by atoms with van der Waals surface area (Å²) in [5.41, 5.74) is 1.81. The van der Waals surface area contributed by atoms with Crippen LogP contribution in [0, 0.1) is 0 Å². The van der Waals surface area contributed by atoms with Gasteiger partial charge in [0.05, 0.1) is 4.90 Å².